The number of piperazine rings is 1. The first-order valence-electron chi connectivity index (χ1n) is 7.67. The average Bonchev–Trinajstić information content (AvgIpc) is 2.99. The number of aryl methyl sites for hydroxylation is 1. The highest BCUT2D eigenvalue weighted by molar-refractivity contribution is 5.92. The predicted octanol–water partition coefficient (Wildman–Crippen LogP) is 0.226. The molecule has 23 heavy (non-hydrogen) atoms. The fraction of sp³-hybridized carbons (Fsp3) is 0.533. The molecule has 0 spiro atoms. The van der Waals surface area contributed by atoms with Crippen molar-refractivity contribution in [3.63, 3.8) is 0 Å². The Hall–Kier alpha value is -2.35. The van der Waals surface area contributed by atoms with Crippen molar-refractivity contribution in [3.8, 4) is 0 Å². The Morgan fingerprint density at radius 3 is 2.70 bits per heavy atom. The maximum Gasteiger partial charge on any atom is 0.315 e. The Labute approximate surface area is 135 Å². The summed E-state index contributed by atoms with van der Waals surface area (Å²) in [6, 6.07) is 1.46. The lowest BCUT2D eigenvalue weighted by Crippen LogP contribution is -2.50. The molecule has 0 atom stereocenters. The molecule has 1 aliphatic rings. The minimum Gasteiger partial charge on any atom is -0.361 e. The molecule has 0 bridgehead atoms. The second kappa shape index (κ2) is 8.33. The van der Waals surface area contributed by atoms with E-state index >= 15 is 0 Å². The van der Waals surface area contributed by atoms with Gasteiger partial charge in [0.05, 0.1) is 0 Å². The van der Waals surface area contributed by atoms with Crippen LogP contribution >= 0.6 is 0 Å². The van der Waals surface area contributed by atoms with E-state index in [0.29, 0.717) is 37.6 Å². The van der Waals surface area contributed by atoms with E-state index in [1.165, 1.54) is 0 Å². The molecular weight excluding hydrogens is 298 g/mol. The summed E-state index contributed by atoms with van der Waals surface area (Å²) in [5.41, 5.74) is 0.358. The molecule has 3 amide bonds. The van der Waals surface area contributed by atoms with Crippen molar-refractivity contribution in [1.82, 2.24) is 25.6 Å². The summed E-state index contributed by atoms with van der Waals surface area (Å²) in [6.07, 6.45) is 1.63. The summed E-state index contributed by atoms with van der Waals surface area (Å²) in [5, 5.41) is 9.20. The smallest absolute Gasteiger partial charge is 0.315 e. The number of nitrogens with one attached hydrogen (secondary N) is 2. The maximum atomic E-state index is 12.2. The first-order chi connectivity index (χ1) is 11.1. The van der Waals surface area contributed by atoms with Crippen LogP contribution in [0.1, 0.15) is 16.2 Å². The van der Waals surface area contributed by atoms with Gasteiger partial charge < -0.3 is 20.1 Å². The van der Waals surface area contributed by atoms with Crippen LogP contribution in [0, 0.1) is 6.92 Å². The summed E-state index contributed by atoms with van der Waals surface area (Å²) < 4.78 is 4.94. The fourth-order valence-electron chi connectivity index (χ4n) is 2.36. The topological polar surface area (TPSA) is 90.7 Å². The summed E-state index contributed by atoms with van der Waals surface area (Å²) in [6.45, 7) is 9.92. The third-order valence-corrected chi connectivity index (χ3v) is 3.63. The number of nitrogens with zero attached hydrogens (tertiary/aromatic N) is 3. The molecule has 0 aromatic carbocycles. The molecule has 1 fully saturated rings. The Balaban J connectivity index is 1.67. The number of carbonyl (C=O) groups is 2. The van der Waals surface area contributed by atoms with Crippen molar-refractivity contribution in [1.29, 1.82) is 0 Å². The van der Waals surface area contributed by atoms with Crippen LogP contribution in [0.3, 0.4) is 0 Å². The lowest BCUT2D eigenvalue weighted by atomic mass is 10.2. The largest absolute Gasteiger partial charge is 0.361 e. The number of carbonyl (C=O) groups excluding carboxylic acids is 2. The fourth-order valence-corrected chi connectivity index (χ4v) is 2.36. The minimum atomic E-state index is -0.194. The number of amides is 3. The zero-order valence-electron chi connectivity index (χ0n) is 13.4. The molecule has 0 unspecified atom stereocenters. The summed E-state index contributed by atoms with van der Waals surface area (Å²) >= 11 is 0. The zero-order chi connectivity index (χ0) is 16.7. The minimum absolute atomic E-state index is 0.0940. The van der Waals surface area contributed by atoms with Gasteiger partial charge in [0.1, 0.15) is 5.76 Å². The van der Waals surface area contributed by atoms with Gasteiger partial charge in [-0.1, -0.05) is 11.2 Å². The quantitative estimate of drug-likeness (QED) is 0.732. The lowest BCUT2D eigenvalue weighted by molar-refractivity contribution is 0.0629. The standard InChI is InChI=1S/C15H23N5O3/c1-3-4-16-15(22)17-5-6-19-7-9-20(10-8-19)14(21)13-11-12(2)23-18-13/h3,11H,1,4-10H2,2H3,(H2,16,17,22). The molecule has 8 heteroatoms. The van der Waals surface area contributed by atoms with Crippen LogP contribution in [0.4, 0.5) is 4.79 Å². The molecule has 0 radical (unpaired) electrons. The summed E-state index contributed by atoms with van der Waals surface area (Å²) in [7, 11) is 0. The number of rotatable bonds is 6. The summed E-state index contributed by atoms with van der Waals surface area (Å²) in [5.74, 6) is 0.538. The van der Waals surface area contributed by atoms with Crippen molar-refractivity contribution in [2.45, 2.75) is 6.92 Å². The first-order valence-corrected chi connectivity index (χ1v) is 7.67. The van der Waals surface area contributed by atoms with E-state index in [1.54, 1.807) is 24.0 Å². The van der Waals surface area contributed by atoms with Crippen molar-refractivity contribution < 1.29 is 14.1 Å². The number of hydrogen-bond acceptors (Lipinski definition) is 5. The Morgan fingerprint density at radius 2 is 2.09 bits per heavy atom. The van der Waals surface area contributed by atoms with Crippen LogP contribution < -0.4 is 10.6 Å². The number of hydrogen-bond donors (Lipinski definition) is 2. The molecule has 0 saturated carbocycles. The third kappa shape index (κ3) is 5.10. The van der Waals surface area contributed by atoms with Gasteiger partial charge in [0.2, 0.25) is 0 Å². The highest BCUT2D eigenvalue weighted by Gasteiger charge is 2.23. The third-order valence-electron chi connectivity index (χ3n) is 3.63. The van der Waals surface area contributed by atoms with Gasteiger partial charge in [-0.15, -0.1) is 6.58 Å². The molecule has 1 aliphatic heterocycles. The Kier molecular flexibility index (Phi) is 6.16. The molecule has 1 saturated heterocycles. The summed E-state index contributed by atoms with van der Waals surface area (Å²) in [4.78, 5) is 27.6. The first kappa shape index (κ1) is 17.0. The SMILES string of the molecule is C=CCNC(=O)NCCN1CCN(C(=O)c2cc(C)on2)CC1. The van der Waals surface area contributed by atoms with Crippen LogP contribution in [0.5, 0.6) is 0 Å². The van der Waals surface area contributed by atoms with E-state index < -0.39 is 0 Å². The van der Waals surface area contributed by atoms with E-state index in [1.807, 2.05) is 0 Å². The highest BCUT2D eigenvalue weighted by atomic mass is 16.5. The number of aromatic nitrogens is 1. The molecule has 2 N–H and O–H groups in total. The van der Waals surface area contributed by atoms with Crippen LogP contribution in [0.2, 0.25) is 0 Å². The number of urea groups is 1. The maximum absolute atomic E-state index is 12.2. The molecule has 1 aromatic heterocycles. The second-order valence-corrected chi connectivity index (χ2v) is 5.38. The molecular formula is C15H23N5O3. The van der Waals surface area contributed by atoms with Crippen LogP contribution in [-0.4, -0.2) is 72.7 Å². The van der Waals surface area contributed by atoms with Gasteiger partial charge in [0, 0.05) is 51.9 Å². The van der Waals surface area contributed by atoms with Crippen molar-refractivity contribution in [2.24, 2.45) is 0 Å². The van der Waals surface area contributed by atoms with Gasteiger partial charge in [0.15, 0.2) is 5.69 Å². The van der Waals surface area contributed by atoms with Crippen LogP contribution in [-0.2, 0) is 0 Å². The van der Waals surface area contributed by atoms with Gasteiger partial charge in [-0.25, -0.2) is 4.79 Å². The molecule has 0 aliphatic carbocycles. The zero-order valence-corrected chi connectivity index (χ0v) is 13.4. The normalized spacial score (nSPS) is 15.3. The lowest BCUT2D eigenvalue weighted by Gasteiger charge is -2.34. The molecule has 126 valence electrons. The average molecular weight is 321 g/mol. The van der Waals surface area contributed by atoms with Crippen molar-refractivity contribution in [2.75, 3.05) is 45.8 Å². The van der Waals surface area contributed by atoms with Gasteiger partial charge >= 0.3 is 6.03 Å². The molecule has 2 rings (SSSR count). The van der Waals surface area contributed by atoms with E-state index in [9.17, 15) is 9.59 Å². The van der Waals surface area contributed by atoms with Crippen molar-refractivity contribution >= 4 is 11.9 Å². The molecule has 8 nitrogen and oxygen atoms in total. The van der Waals surface area contributed by atoms with Gasteiger partial charge in [-0.2, -0.15) is 0 Å². The van der Waals surface area contributed by atoms with E-state index in [-0.39, 0.29) is 11.9 Å². The van der Waals surface area contributed by atoms with E-state index in [0.717, 1.165) is 19.6 Å². The van der Waals surface area contributed by atoms with E-state index in [4.69, 9.17) is 4.52 Å². The molecule has 2 heterocycles. The van der Waals surface area contributed by atoms with Crippen LogP contribution in [0.25, 0.3) is 0 Å². The highest BCUT2D eigenvalue weighted by Crippen LogP contribution is 2.09. The monoisotopic (exact) mass is 321 g/mol. The van der Waals surface area contributed by atoms with E-state index in [2.05, 4.69) is 27.3 Å². The Morgan fingerprint density at radius 1 is 1.35 bits per heavy atom. The predicted molar refractivity (Wildman–Crippen MR) is 85.2 cm³/mol. The van der Waals surface area contributed by atoms with Crippen molar-refractivity contribution in [3.05, 3.63) is 30.2 Å². The molecule has 1 aromatic rings. The van der Waals surface area contributed by atoms with Crippen LogP contribution in [0.15, 0.2) is 23.2 Å². The Bertz CT molecular complexity index is 549. The van der Waals surface area contributed by atoms with Gasteiger partial charge in [0.25, 0.3) is 5.91 Å². The van der Waals surface area contributed by atoms with Gasteiger partial charge in [-0.3, -0.25) is 9.69 Å². The second-order valence-electron chi connectivity index (χ2n) is 5.38. The van der Waals surface area contributed by atoms with Gasteiger partial charge in [-0.05, 0) is 6.92 Å².